The number of alkyl halides is 3. The lowest BCUT2D eigenvalue weighted by Crippen LogP contribution is -2.38. The lowest BCUT2D eigenvalue weighted by atomic mass is 9.90. The number of carbonyl (C=O) groups is 1. The summed E-state index contributed by atoms with van der Waals surface area (Å²) in [6.07, 6.45) is 1.09. The minimum absolute atomic E-state index is 0.0285. The molecule has 2 aliphatic rings. The molecule has 0 N–H and O–H groups in total. The van der Waals surface area contributed by atoms with E-state index < -0.39 is 11.7 Å². The van der Waals surface area contributed by atoms with E-state index in [4.69, 9.17) is 11.3 Å². The van der Waals surface area contributed by atoms with Crippen LogP contribution in [-0.4, -0.2) is 48.0 Å². The van der Waals surface area contributed by atoms with Crippen molar-refractivity contribution in [3.63, 3.8) is 0 Å². The average molecular weight is 563 g/mol. The molecule has 2 aromatic carbocycles. The molecule has 0 spiro atoms. The number of anilines is 1. The van der Waals surface area contributed by atoms with E-state index in [0.29, 0.717) is 42.6 Å². The molecule has 0 saturated carbocycles. The highest BCUT2D eigenvalue weighted by atomic mass is 19.4. The van der Waals surface area contributed by atoms with Gasteiger partial charge in [0.25, 0.3) is 0 Å². The number of nitrogens with zero attached hydrogens (tertiary/aromatic N) is 4. The minimum atomic E-state index is -4.34. The Hall–Kier alpha value is -3.90. The molecule has 0 aliphatic carbocycles. The number of Topliss-reactive ketones (excluding diaryl/α,β-unsaturated/α-hetero) is 1. The van der Waals surface area contributed by atoms with Crippen LogP contribution in [0.5, 0.6) is 5.75 Å². The standard InChI is InChI=1S/C32H33F3N4O2/c1-36-26-6-2-24(3-7-26)22-38-16-11-23(12-17-38)20-31(40)30-21-29(10-15-37-30)41-28-13-18-39(19-14-28)27-8-4-25(5-9-27)32(33,34)35/h2-10,15,21,23,28H,11-14,16-20,22H2. The van der Waals surface area contributed by atoms with Gasteiger partial charge in [-0.25, -0.2) is 4.85 Å². The van der Waals surface area contributed by atoms with Crippen LogP contribution in [0.4, 0.5) is 24.5 Å². The molecule has 2 aliphatic heterocycles. The van der Waals surface area contributed by atoms with Gasteiger partial charge < -0.3 is 9.64 Å². The average Bonchev–Trinajstić information content (AvgIpc) is 2.99. The van der Waals surface area contributed by atoms with Crippen molar-refractivity contribution in [2.75, 3.05) is 31.1 Å². The first-order valence-electron chi connectivity index (χ1n) is 14.0. The van der Waals surface area contributed by atoms with Gasteiger partial charge in [-0.1, -0.05) is 24.3 Å². The van der Waals surface area contributed by atoms with Gasteiger partial charge in [-0.3, -0.25) is 14.7 Å². The molecular formula is C32H33F3N4O2. The highest BCUT2D eigenvalue weighted by molar-refractivity contribution is 5.94. The molecule has 214 valence electrons. The molecule has 9 heteroatoms. The van der Waals surface area contributed by atoms with E-state index in [-0.39, 0.29) is 11.9 Å². The number of benzene rings is 2. The number of ketones is 1. The first kappa shape index (κ1) is 28.6. The number of pyridine rings is 1. The van der Waals surface area contributed by atoms with Crippen LogP contribution in [0.3, 0.4) is 0 Å². The normalized spacial score (nSPS) is 17.3. The van der Waals surface area contributed by atoms with Crippen LogP contribution in [-0.2, 0) is 12.7 Å². The minimum Gasteiger partial charge on any atom is -0.490 e. The highest BCUT2D eigenvalue weighted by Gasteiger charge is 2.30. The van der Waals surface area contributed by atoms with Crippen LogP contribution in [0.15, 0.2) is 66.9 Å². The Bertz CT molecular complexity index is 1350. The van der Waals surface area contributed by atoms with Gasteiger partial charge in [-0.15, -0.1) is 0 Å². The Morgan fingerprint density at radius 3 is 2.27 bits per heavy atom. The van der Waals surface area contributed by atoms with E-state index in [9.17, 15) is 18.0 Å². The molecule has 6 nitrogen and oxygen atoms in total. The van der Waals surface area contributed by atoms with Gasteiger partial charge in [0.15, 0.2) is 11.5 Å². The van der Waals surface area contributed by atoms with Gasteiger partial charge >= 0.3 is 6.18 Å². The molecule has 1 aromatic heterocycles. The number of hydrogen-bond acceptors (Lipinski definition) is 5. The van der Waals surface area contributed by atoms with Crippen molar-refractivity contribution in [3.05, 3.63) is 95.1 Å². The molecule has 5 rings (SSSR count). The SMILES string of the molecule is [C-]#[N+]c1ccc(CN2CCC(CC(=O)c3cc(OC4CCN(c5ccc(C(F)(F)F)cc5)CC4)ccn3)CC2)cc1. The zero-order chi connectivity index (χ0) is 28.8. The van der Waals surface area contributed by atoms with E-state index >= 15 is 0 Å². The fourth-order valence-corrected chi connectivity index (χ4v) is 5.57. The third kappa shape index (κ3) is 7.65. The van der Waals surface area contributed by atoms with Gasteiger partial charge in [-0.2, -0.15) is 13.2 Å². The summed E-state index contributed by atoms with van der Waals surface area (Å²) < 4.78 is 44.7. The maximum atomic E-state index is 13.0. The van der Waals surface area contributed by atoms with E-state index in [1.54, 1.807) is 18.3 Å². The van der Waals surface area contributed by atoms with Gasteiger partial charge in [0.1, 0.15) is 17.5 Å². The molecule has 0 radical (unpaired) electrons. The maximum absolute atomic E-state index is 13.0. The summed E-state index contributed by atoms with van der Waals surface area (Å²) in [4.78, 5) is 25.3. The summed E-state index contributed by atoms with van der Waals surface area (Å²) in [7, 11) is 0. The fraction of sp³-hybridized carbons (Fsp3) is 0.406. The van der Waals surface area contributed by atoms with Crippen molar-refractivity contribution < 1.29 is 22.7 Å². The second-order valence-electron chi connectivity index (χ2n) is 10.9. The fourth-order valence-electron chi connectivity index (χ4n) is 5.57. The summed E-state index contributed by atoms with van der Waals surface area (Å²) in [5.74, 6) is 0.972. The summed E-state index contributed by atoms with van der Waals surface area (Å²) in [5.41, 5.74) is 2.39. The van der Waals surface area contributed by atoms with Crippen molar-refractivity contribution in [2.24, 2.45) is 5.92 Å². The van der Waals surface area contributed by atoms with Crippen molar-refractivity contribution in [3.8, 4) is 5.75 Å². The van der Waals surface area contributed by atoms with Crippen molar-refractivity contribution in [1.82, 2.24) is 9.88 Å². The first-order valence-corrected chi connectivity index (χ1v) is 14.0. The van der Waals surface area contributed by atoms with E-state index in [0.717, 1.165) is 63.1 Å². The Balaban J connectivity index is 1.07. The van der Waals surface area contributed by atoms with Gasteiger partial charge in [0.05, 0.1) is 12.1 Å². The van der Waals surface area contributed by atoms with E-state index in [1.165, 1.54) is 17.7 Å². The Morgan fingerprint density at radius 1 is 0.951 bits per heavy atom. The molecule has 41 heavy (non-hydrogen) atoms. The molecule has 0 atom stereocenters. The molecule has 0 amide bonds. The summed E-state index contributed by atoms with van der Waals surface area (Å²) >= 11 is 0. The molecular weight excluding hydrogens is 529 g/mol. The van der Waals surface area contributed by atoms with Crippen molar-refractivity contribution in [2.45, 2.75) is 50.9 Å². The number of piperidine rings is 2. The molecule has 0 bridgehead atoms. The molecule has 3 heterocycles. The maximum Gasteiger partial charge on any atom is 0.416 e. The number of ether oxygens (including phenoxy) is 1. The highest BCUT2D eigenvalue weighted by Crippen LogP contribution is 2.32. The Morgan fingerprint density at radius 2 is 1.63 bits per heavy atom. The number of aromatic nitrogens is 1. The number of halogens is 3. The molecule has 2 saturated heterocycles. The van der Waals surface area contributed by atoms with E-state index in [1.807, 2.05) is 24.3 Å². The zero-order valence-corrected chi connectivity index (χ0v) is 22.8. The van der Waals surface area contributed by atoms with Crippen LogP contribution in [0, 0.1) is 12.5 Å². The predicted molar refractivity (Wildman–Crippen MR) is 151 cm³/mol. The van der Waals surface area contributed by atoms with Crippen molar-refractivity contribution in [1.29, 1.82) is 0 Å². The second-order valence-corrected chi connectivity index (χ2v) is 10.9. The molecule has 3 aromatic rings. The Labute approximate surface area is 238 Å². The first-order chi connectivity index (χ1) is 19.8. The van der Waals surface area contributed by atoms with Crippen LogP contribution in [0.1, 0.15) is 53.7 Å². The number of carbonyl (C=O) groups excluding carboxylic acids is 1. The number of likely N-dealkylation sites (tertiary alicyclic amines) is 1. The molecule has 2 fully saturated rings. The van der Waals surface area contributed by atoms with Crippen LogP contribution < -0.4 is 9.64 Å². The quantitative estimate of drug-likeness (QED) is 0.215. The Kier molecular flexibility index (Phi) is 8.89. The van der Waals surface area contributed by atoms with Crippen LogP contribution in [0.2, 0.25) is 0 Å². The summed E-state index contributed by atoms with van der Waals surface area (Å²) in [5, 5.41) is 0. The van der Waals surface area contributed by atoms with Gasteiger partial charge in [0, 0.05) is 56.8 Å². The number of rotatable bonds is 8. The summed E-state index contributed by atoms with van der Waals surface area (Å²) in [6.45, 7) is 11.2. The molecule has 0 unspecified atom stereocenters. The van der Waals surface area contributed by atoms with Crippen LogP contribution >= 0.6 is 0 Å². The second kappa shape index (κ2) is 12.7. The largest absolute Gasteiger partial charge is 0.490 e. The predicted octanol–water partition coefficient (Wildman–Crippen LogP) is 7.18. The summed E-state index contributed by atoms with van der Waals surface area (Å²) in [6, 6.07) is 16.5. The van der Waals surface area contributed by atoms with Crippen LogP contribution in [0.25, 0.3) is 4.85 Å². The number of hydrogen-bond donors (Lipinski definition) is 0. The third-order valence-corrected chi connectivity index (χ3v) is 7.97. The lowest BCUT2D eigenvalue weighted by molar-refractivity contribution is -0.137. The van der Waals surface area contributed by atoms with Crippen molar-refractivity contribution >= 4 is 17.2 Å². The lowest BCUT2D eigenvalue weighted by Gasteiger charge is -2.34. The zero-order valence-electron chi connectivity index (χ0n) is 22.8. The van der Waals surface area contributed by atoms with Gasteiger partial charge in [0.2, 0.25) is 0 Å². The smallest absolute Gasteiger partial charge is 0.416 e. The van der Waals surface area contributed by atoms with E-state index in [2.05, 4.69) is 19.6 Å². The van der Waals surface area contributed by atoms with Gasteiger partial charge in [-0.05, 0) is 67.7 Å². The third-order valence-electron chi connectivity index (χ3n) is 7.97. The topological polar surface area (TPSA) is 50.0 Å². The monoisotopic (exact) mass is 562 g/mol.